The van der Waals surface area contributed by atoms with Crippen LogP contribution < -0.4 is 9.47 Å². The Labute approximate surface area is 120 Å². The molecule has 1 unspecified atom stereocenters. The number of methoxy groups -OCH3 is 1. The Bertz CT molecular complexity index is 438. The first-order chi connectivity index (χ1) is 9.76. The van der Waals surface area contributed by atoms with Crippen LogP contribution in [0.2, 0.25) is 0 Å². The normalized spacial score (nSPS) is 17.5. The van der Waals surface area contributed by atoms with Crippen LogP contribution in [0.1, 0.15) is 37.7 Å². The van der Waals surface area contributed by atoms with Gasteiger partial charge in [-0.25, -0.2) is 0 Å². The van der Waals surface area contributed by atoms with Crippen molar-refractivity contribution in [2.75, 3.05) is 20.3 Å². The van der Waals surface area contributed by atoms with E-state index in [2.05, 4.69) is 0 Å². The molecular weight excluding hydrogens is 256 g/mol. The topological polar surface area (TPSA) is 44.8 Å². The first-order valence-electron chi connectivity index (χ1n) is 7.11. The van der Waals surface area contributed by atoms with Crippen molar-refractivity contribution in [3.8, 4) is 11.5 Å². The first kappa shape index (κ1) is 14.9. The molecular formula is C16H22O4. The zero-order valence-corrected chi connectivity index (χ0v) is 12.1. The van der Waals surface area contributed by atoms with Gasteiger partial charge in [0, 0.05) is 24.8 Å². The summed E-state index contributed by atoms with van der Waals surface area (Å²) in [6.07, 6.45) is 3.36. The SMILES string of the molecule is COc1cccc(C(C)CC=O)c1OC1CCOCC1. The highest BCUT2D eigenvalue weighted by Gasteiger charge is 2.21. The Morgan fingerprint density at radius 3 is 2.80 bits per heavy atom. The van der Waals surface area contributed by atoms with Crippen LogP contribution in [0, 0.1) is 0 Å². The van der Waals surface area contributed by atoms with Crippen molar-refractivity contribution in [1.82, 2.24) is 0 Å². The summed E-state index contributed by atoms with van der Waals surface area (Å²) in [6.45, 7) is 3.50. The lowest BCUT2D eigenvalue weighted by molar-refractivity contribution is -0.108. The zero-order valence-electron chi connectivity index (χ0n) is 12.1. The van der Waals surface area contributed by atoms with Gasteiger partial charge in [0.1, 0.15) is 12.4 Å². The second-order valence-electron chi connectivity index (χ2n) is 5.11. The Morgan fingerprint density at radius 1 is 1.40 bits per heavy atom. The molecule has 0 aromatic heterocycles. The molecule has 1 fully saturated rings. The standard InChI is InChI=1S/C16H22O4/c1-12(6-9-17)14-4-3-5-15(18-2)16(14)20-13-7-10-19-11-8-13/h3-5,9,12-13H,6-8,10-11H2,1-2H3. The van der Waals surface area contributed by atoms with Crippen LogP contribution in [0.4, 0.5) is 0 Å². The van der Waals surface area contributed by atoms with Crippen molar-refractivity contribution in [1.29, 1.82) is 0 Å². The fourth-order valence-electron chi connectivity index (χ4n) is 2.44. The summed E-state index contributed by atoms with van der Waals surface area (Å²) in [5.74, 6) is 1.63. The van der Waals surface area contributed by atoms with E-state index in [1.807, 2.05) is 25.1 Å². The van der Waals surface area contributed by atoms with E-state index >= 15 is 0 Å². The molecule has 4 heteroatoms. The summed E-state index contributed by atoms with van der Waals surface area (Å²) in [7, 11) is 1.64. The lowest BCUT2D eigenvalue weighted by Gasteiger charge is -2.26. The highest BCUT2D eigenvalue weighted by molar-refractivity contribution is 5.55. The molecule has 1 atom stereocenters. The summed E-state index contributed by atoms with van der Waals surface area (Å²) >= 11 is 0. The smallest absolute Gasteiger partial charge is 0.165 e. The van der Waals surface area contributed by atoms with Crippen molar-refractivity contribution >= 4 is 6.29 Å². The number of aldehydes is 1. The van der Waals surface area contributed by atoms with Gasteiger partial charge in [-0.05, 0) is 12.0 Å². The number of carbonyl (C=O) groups excluding carboxylic acids is 1. The molecule has 0 N–H and O–H groups in total. The molecule has 0 amide bonds. The molecule has 1 aromatic rings. The second-order valence-corrected chi connectivity index (χ2v) is 5.11. The Kier molecular flexibility index (Phi) is 5.41. The lowest BCUT2D eigenvalue weighted by Crippen LogP contribution is -2.26. The highest BCUT2D eigenvalue weighted by atomic mass is 16.5. The molecule has 0 bridgehead atoms. The maximum Gasteiger partial charge on any atom is 0.165 e. The molecule has 0 saturated carbocycles. The third-order valence-electron chi connectivity index (χ3n) is 3.66. The monoisotopic (exact) mass is 278 g/mol. The van der Waals surface area contributed by atoms with Gasteiger partial charge < -0.3 is 19.0 Å². The van der Waals surface area contributed by atoms with Crippen LogP contribution in [0.5, 0.6) is 11.5 Å². The minimum atomic E-state index is 0.123. The summed E-state index contributed by atoms with van der Waals surface area (Å²) in [6, 6.07) is 5.84. The summed E-state index contributed by atoms with van der Waals surface area (Å²) in [5.41, 5.74) is 1.03. The molecule has 4 nitrogen and oxygen atoms in total. The van der Waals surface area contributed by atoms with Crippen molar-refractivity contribution in [3.63, 3.8) is 0 Å². The summed E-state index contributed by atoms with van der Waals surface area (Å²) < 4.78 is 16.9. The summed E-state index contributed by atoms with van der Waals surface area (Å²) in [4.78, 5) is 10.8. The Balaban J connectivity index is 2.24. The van der Waals surface area contributed by atoms with Crippen LogP contribution in [0.15, 0.2) is 18.2 Å². The predicted molar refractivity (Wildman–Crippen MR) is 76.6 cm³/mol. The number of hydrogen-bond acceptors (Lipinski definition) is 4. The molecule has 20 heavy (non-hydrogen) atoms. The van der Waals surface area contributed by atoms with E-state index in [1.54, 1.807) is 7.11 Å². The van der Waals surface area contributed by atoms with E-state index in [0.29, 0.717) is 6.42 Å². The number of carbonyl (C=O) groups is 1. The molecule has 1 aliphatic heterocycles. The highest BCUT2D eigenvalue weighted by Crippen LogP contribution is 2.38. The molecule has 0 aliphatic carbocycles. The second kappa shape index (κ2) is 7.29. The van der Waals surface area contributed by atoms with Crippen molar-refractivity contribution in [2.45, 2.75) is 38.2 Å². The zero-order chi connectivity index (χ0) is 14.4. The number of rotatable bonds is 6. The van der Waals surface area contributed by atoms with Crippen molar-refractivity contribution < 1.29 is 19.0 Å². The maximum absolute atomic E-state index is 10.8. The first-order valence-corrected chi connectivity index (χ1v) is 7.11. The fraction of sp³-hybridized carbons (Fsp3) is 0.562. The molecule has 1 aliphatic rings. The van der Waals surface area contributed by atoms with E-state index in [9.17, 15) is 4.79 Å². The van der Waals surface area contributed by atoms with Gasteiger partial charge in [0.05, 0.1) is 20.3 Å². The molecule has 1 heterocycles. The van der Waals surface area contributed by atoms with Crippen molar-refractivity contribution in [2.24, 2.45) is 0 Å². The molecule has 0 radical (unpaired) electrons. The predicted octanol–water partition coefficient (Wildman–Crippen LogP) is 2.95. The van der Waals surface area contributed by atoms with E-state index in [0.717, 1.165) is 49.4 Å². The number of para-hydroxylation sites is 1. The lowest BCUT2D eigenvalue weighted by atomic mass is 9.97. The third kappa shape index (κ3) is 3.51. The maximum atomic E-state index is 10.8. The molecule has 2 rings (SSSR count). The van der Waals surface area contributed by atoms with Crippen LogP contribution in [-0.4, -0.2) is 32.7 Å². The molecule has 110 valence electrons. The van der Waals surface area contributed by atoms with Gasteiger partial charge >= 0.3 is 0 Å². The van der Waals surface area contributed by atoms with E-state index in [-0.39, 0.29) is 12.0 Å². The van der Waals surface area contributed by atoms with E-state index in [1.165, 1.54) is 0 Å². The minimum Gasteiger partial charge on any atom is -0.493 e. The average Bonchev–Trinajstić information content (AvgIpc) is 2.48. The van der Waals surface area contributed by atoms with Crippen LogP contribution in [-0.2, 0) is 9.53 Å². The molecule has 1 saturated heterocycles. The minimum absolute atomic E-state index is 0.123. The summed E-state index contributed by atoms with van der Waals surface area (Å²) in [5, 5.41) is 0. The van der Waals surface area contributed by atoms with E-state index in [4.69, 9.17) is 14.2 Å². The average molecular weight is 278 g/mol. The number of hydrogen-bond donors (Lipinski definition) is 0. The third-order valence-corrected chi connectivity index (χ3v) is 3.66. The van der Waals surface area contributed by atoms with Gasteiger partial charge in [-0.1, -0.05) is 19.1 Å². The fourth-order valence-corrected chi connectivity index (χ4v) is 2.44. The van der Waals surface area contributed by atoms with Crippen LogP contribution >= 0.6 is 0 Å². The van der Waals surface area contributed by atoms with Gasteiger partial charge in [0.2, 0.25) is 0 Å². The van der Waals surface area contributed by atoms with Crippen molar-refractivity contribution in [3.05, 3.63) is 23.8 Å². The van der Waals surface area contributed by atoms with Gasteiger partial charge in [0.15, 0.2) is 11.5 Å². The van der Waals surface area contributed by atoms with Crippen LogP contribution in [0.25, 0.3) is 0 Å². The Morgan fingerprint density at radius 2 is 2.15 bits per heavy atom. The number of ether oxygens (including phenoxy) is 3. The number of benzene rings is 1. The van der Waals surface area contributed by atoms with Gasteiger partial charge in [-0.2, -0.15) is 0 Å². The van der Waals surface area contributed by atoms with E-state index < -0.39 is 0 Å². The Hall–Kier alpha value is -1.55. The van der Waals surface area contributed by atoms with Gasteiger partial charge in [0.25, 0.3) is 0 Å². The van der Waals surface area contributed by atoms with Gasteiger partial charge in [-0.3, -0.25) is 0 Å². The van der Waals surface area contributed by atoms with Gasteiger partial charge in [-0.15, -0.1) is 0 Å². The van der Waals surface area contributed by atoms with Crippen LogP contribution in [0.3, 0.4) is 0 Å². The largest absolute Gasteiger partial charge is 0.493 e. The molecule has 0 spiro atoms. The molecule has 1 aromatic carbocycles. The quantitative estimate of drug-likeness (QED) is 0.750.